The molecule has 27 heavy (non-hydrogen) atoms. The van der Waals surface area contributed by atoms with Crippen LogP contribution >= 0.6 is 0 Å². The van der Waals surface area contributed by atoms with Gasteiger partial charge in [0.25, 0.3) is 5.91 Å². The van der Waals surface area contributed by atoms with E-state index in [-0.39, 0.29) is 17.9 Å². The van der Waals surface area contributed by atoms with Crippen molar-refractivity contribution in [1.29, 1.82) is 0 Å². The Morgan fingerprint density at radius 2 is 2.11 bits per heavy atom. The maximum Gasteiger partial charge on any atom is 0.251 e. The molecule has 0 aromatic heterocycles. The molecule has 2 N–H and O–H groups in total. The highest BCUT2D eigenvalue weighted by atomic mass is 16.2. The second-order valence-corrected chi connectivity index (χ2v) is 8.23. The van der Waals surface area contributed by atoms with E-state index in [0.29, 0.717) is 12.1 Å². The second-order valence-electron chi connectivity index (χ2n) is 8.23. The van der Waals surface area contributed by atoms with Crippen LogP contribution in [0, 0.1) is 5.92 Å². The molecule has 3 aliphatic rings. The van der Waals surface area contributed by atoms with Crippen LogP contribution in [0.2, 0.25) is 0 Å². The van der Waals surface area contributed by atoms with Gasteiger partial charge in [-0.05, 0) is 69.3 Å². The number of piperidine rings is 1. The van der Waals surface area contributed by atoms with Gasteiger partial charge in [-0.2, -0.15) is 0 Å². The van der Waals surface area contributed by atoms with E-state index in [4.69, 9.17) is 0 Å². The van der Waals surface area contributed by atoms with Gasteiger partial charge >= 0.3 is 0 Å². The Bertz CT molecular complexity index is 720. The number of likely N-dealkylation sites (tertiary alicyclic amines) is 1. The van der Waals surface area contributed by atoms with Gasteiger partial charge in [-0.1, -0.05) is 6.92 Å². The minimum absolute atomic E-state index is 0.0466. The lowest BCUT2D eigenvalue weighted by atomic mass is 10.0. The van der Waals surface area contributed by atoms with Crippen LogP contribution in [0.4, 0.5) is 11.4 Å². The van der Waals surface area contributed by atoms with Crippen LogP contribution in [-0.2, 0) is 4.79 Å². The molecule has 1 aromatic rings. The van der Waals surface area contributed by atoms with Crippen LogP contribution < -0.4 is 15.5 Å². The molecule has 6 heteroatoms. The molecule has 0 radical (unpaired) electrons. The van der Waals surface area contributed by atoms with Gasteiger partial charge in [0, 0.05) is 25.2 Å². The largest absolute Gasteiger partial charge is 0.358 e. The Morgan fingerprint density at radius 3 is 2.96 bits per heavy atom. The van der Waals surface area contributed by atoms with E-state index in [1.165, 1.54) is 25.9 Å². The minimum atomic E-state index is -0.0670. The van der Waals surface area contributed by atoms with Crippen LogP contribution in [0.3, 0.4) is 0 Å². The summed E-state index contributed by atoms with van der Waals surface area (Å²) >= 11 is 0. The molecule has 0 bridgehead atoms. The highest BCUT2D eigenvalue weighted by Gasteiger charge is 2.36. The van der Waals surface area contributed by atoms with Gasteiger partial charge in [0.2, 0.25) is 5.91 Å². The Balaban J connectivity index is 1.30. The van der Waals surface area contributed by atoms with Crippen molar-refractivity contribution < 1.29 is 9.59 Å². The predicted molar refractivity (Wildman–Crippen MR) is 107 cm³/mol. The fraction of sp³-hybridized carbons (Fsp3) is 0.619. The molecule has 0 saturated carbocycles. The zero-order valence-corrected chi connectivity index (χ0v) is 16.2. The predicted octanol–water partition coefficient (Wildman–Crippen LogP) is 2.46. The molecule has 3 aliphatic heterocycles. The van der Waals surface area contributed by atoms with Gasteiger partial charge in [-0.15, -0.1) is 0 Å². The number of carbonyl (C=O) groups excluding carboxylic acids is 2. The summed E-state index contributed by atoms with van der Waals surface area (Å²) in [6.07, 6.45) is 5.53. The first kappa shape index (κ1) is 18.3. The van der Waals surface area contributed by atoms with Crippen molar-refractivity contribution in [3.8, 4) is 0 Å². The van der Waals surface area contributed by atoms with Gasteiger partial charge in [-0.3, -0.25) is 9.59 Å². The maximum atomic E-state index is 12.5. The van der Waals surface area contributed by atoms with Crippen LogP contribution in [-0.4, -0.2) is 55.5 Å². The summed E-state index contributed by atoms with van der Waals surface area (Å²) in [6.45, 7) is 7.30. The summed E-state index contributed by atoms with van der Waals surface area (Å²) in [6, 6.07) is 5.60. The number of hydrogen-bond acceptors (Lipinski definition) is 4. The molecule has 3 heterocycles. The summed E-state index contributed by atoms with van der Waals surface area (Å²) < 4.78 is 0. The Hall–Kier alpha value is -2.08. The number of nitrogens with one attached hydrogen (secondary N) is 2. The first-order valence-corrected chi connectivity index (χ1v) is 10.3. The third-order valence-corrected chi connectivity index (χ3v) is 6.06. The fourth-order valence-corrected chi connectivity index (χ4v) is 4.67. The van der Waals surface area contributed by atoms with E-state index < -0.39 is 0 Å². The van der Waals surface area contributed by atoms with Crippen molar-refractivity contribution >= 4 is 23.2 Å². The van der Waals surface area contributed by atoms with Crippen molar-refractivity contribution in [2.45, 2.75) is 45.1 Å². The Kier molecular flexibility index (Phi) is 5.34. The fourth-order valence-electron chi connectivity index (χ4n) is 4.67. The third-order valence-electron chi connectivity index (χ3n) is 6.06. The lowest BCUT2D eigenvalue weighted by Crippen LogP contribution is -2.44. The highest BCUT2D eigenvalue weighted by Crippen LogP contribution is 2.37. The number of benzene rings is 1. The molecule has 0 unspecified atom stereocenters. The van der Waals surface area contributed by atoms with E-state index in [2.05, 4.69) is 27.4 Å². The van der Waals surface area contributed by atoms with Gasteiger partial charge in [0.15, 0.2) is 0 Å². The molecule has 1 aromatic carbocycles. The average molecular weight is 370 g/mol. The molecule has 2 saturated heterocycles. The summed E-state index contributed by atoms with van der Waals surface area (Å²) in [5, 5.41) is 6.00. The molecular weight excluding hydrogens is 340 g/mol. The monoisotopic (exact) mass is 370 g/mol. The molecule has 146 valence electrons. The molecule has 6 nitrogen and oxygen atoms in total. The lowest BCUT2D eigenvalue weighted by Gasteiger charge is -2.33. The average Bonchev–Trinajstić information content (AvgIpc) is 3.15. The van der Waals surface area contributed by atoms with Crippen LogP contribution in [0.25, 0.3) is 0 Å². The summed E-state index contributed by atoms with van der Waals surface area (Å²) in [5.41, 5.74) is 2.40. The van der Waals surface area contributed by atoms with E-state index in [0.717, 1.165) is 49.6 Å². The number of fused-ring (bicyclic) bond motifs is 3. The van der Waals surface area contributed by atoms with Gasteiger partial charge in [-0.25, -0.2) is 0 Å². The normalized spacial score (nSPS) is 24.9. The molecule has 0 spiro atoms. The lowest BCUT2D eigenvalue weighted by molar-refractivity contribution is -0.117. The van der Waals surface area contributed by atoms with Crippen LogP contribution in [0.15, 0.2) is 18.2 Å². The molecule has 2 fully saturated rings. The maximum absolute atomic E-state index is 12.5. The van der Waals surface area contributed by atoms with Crippen molar-refractivity contribution in [2.75, 3.05) is 42.9 Å². The molecule has 2 atom stereocenters. The molecule has 4 rings (SSSR count). The summed E-state index contributed by atoms with van der Waals surface area (Å²) in [7, 11) is 0. The van der Waals surface area contributed by atoms with Gasteiger partial charge < -0.3 is 20.4 Å². The standard InChI is InChI=1S/C21H30N4O2/c1-15-5-2-10-24(14-15)11-4-9-22-20(26)16-7-8-18-17(13-16)23-21(27)19-6-3-12-25(18)19/h7-8,13,15,19H,2-6,9-12,14H2,1H3,(H,22,26)(H,23,27)/t15-,19-/m1/s1. The number of rotatable bonds is 5. The van der Waals surface area contributed by atoms with Crippen molar-refractivity contribution in [3.05, 3.63) is 23.8 Å². The Morgan fingerprint density at radius 1 is 1.26 bits per heavy atom. The van der Waals surface area contributed by atoms with E-state index in [9.17, 15) is 9.59 Å². The number of anilines is 2. The van der Waals surface area contributed by atoms with Gasteiger partial charge in [0.05, 0.1) is 11.4 Å². The van der Waals surface area contributed by atoms with Crippen molar-refractivity contribution in [2.24, 2.45) is 5.92 Å². The van der Waals surface area contributed by atoms with Crippen molar-refractivity contribution in [1.82, 2.24) is 10.2 Å². The van der Waals surface area contributed by atoms with E-state index in [1.54, 1.807) is 0 Å². The number of nitrogens with zero attached hydrogens (tertiary/aromatic N) is 2. The summed E-state index contributed by atoms with van der Waals surface area (Å²) in [4.78, 5) is 29.4. The molecule has 2 amide bonds. The molecule has 0 aliphatic carbocycles. The first-order chi connectivity index (χ1) is 13.1. The van der Waals surface area contributed by atoms with E-state index >= 15 is 0 Å². The SMILES string of the molecule is C[C@@H]1CCCN(CCCNC(=O)c2ccc3c(c2)NC(=O)[C@H]2CCCN32)C1. The smallest absolute Gasteiger partial charge is 0.251 e. The number of amides is 2. The quantitative estimate of drug-likeness (QED) is 0.782. The highest BCUT2D eigenvalue weighted by molar-refractivity contribution is 6.06. The third kappa shape index (κ3) is 3.95. The molecular formula is C21H30N4O2. The zero-order valence-electron chi connectivity index (χ0n) is 16.2. The first-order valence-electron chi connectivity index (χ1n) is 10.3. The van der Waals surface area contributed by atoms with E-state index in [1.807, 2.05) is 18.2 Å². The Labute approximate surface area is 161 Å². The topological polar surface area (TPSA) is 64.7 Å². The van der Waals surface area contributed by atoms with Gasteiger partial charge in [0.1, 0.15) is 6.04 Å². The number of hydrogen-bond donors (Lipinski definition) is 2. The number of carbonyl (C=O) groups is 2. The second kappa shape index (κ2) is 7.89. The minimum Gasteiger partial charge on any atom is -0.358 e. The zero-order chi connectivity index (χ0) is 18.8. The van der Waals surface area contributed by atoms with Crippen molar-refractivity contribution in [3.63, 3.8) is 0 Å². The summed E-state index contributed by atoms with van der Waals surface area (Å²) in [5.74, 6) is 0.769. The van der Waals surface area contributed by atoms with Crippen LogP contribution in [0.5, 0.6) is 0 Å². The van der Waals surface area contributed by atoms with Crippen LogP contribution in [0.1, 0.15) is 49.4 Å².